The topological polar surface area (TPSA) is 114 Å². The molecule has 11 nitrogen and oxygen atoms in total. The van der Waals surface area contributed by atoms with E-state index in [0.717, 1.165) is 21.5 Å². The Balaban J connectivity index is 1.69. The lowest BCUT2D eigenvalue weighted by Gasteiger charge is -2.22. The molecule has 0 bridgehead atoms. The van der Waals surface area contributed by atoms with Crippen molar-refractivity contribution in [2.75, 3.05) is 51.6 Å². The molecule has 4 aromatic rings. The van der Waals surface area contributed by atoms with Crippen molar-refractivity contribution in [3.8, 4) is 17.1 Å². The molecular weight excluding hydrogens is 563 g/mol. The summed E-state index contributed by atoms with van der Waals surface area (Å²) in [6.07, 6.45) is 5.31. The van der Waals surface area contributed by atoms with E-state index in [1.165, 1.54) is 13.2 Å². The summed E-state index contributed by atoms with van der Waals surface area (Å²) < 4.78 is 8.53. The van der Waals surface area contributed by atoms with E-state index in [1.54, 1.807) is 24.5 Å². The number of nitro benzene ring substituents is 1. The minimum Gasteiger partial charge on any atom is -0.494 e. The molecule has 0 fully saturated rings. The van der Waals surface area contributed by atoms with Gasteiger partial charge in [0.15, 0.2) is 5.65 Å². The van der Waals surface area contributed by atoms with E-state index in [9.17, 15) is 10.1 Å². The maximum atomic E-state index is 11.9. The molecule has 0 radical (unpaired) electrons. The first-order valence-electron chi connectivity index (χ1n) is 10.7. The minimum atomic E-state index is -0.399. The number of likely N-dealkylation sites (N-methyl/N-ethyl adjacent to an activating group) is 2. The fraction of sp³-hybridized carbons (Fsp3) is 0.261. The van der Waals surface area contributed by atoms with Crippen LogP contribution in [0.2, 0.25) is 0 Å². The van der Waals surface area contributed by atoms with Gasteiger partial charge in [0.05, 0.1) is 38.9 Å². The second-order valence-electron chi connectivity index (χ2n) is 8.11. The molecular formula is C23H25IN8O3. The molecule has 3 heterocycles. The van der Waals surface area contributed by atoms with E-state index < -0.39 is 4.92 Å². The largest absolute Gasteiger partial charge is 0.494 e. The summed E-state index contributed by atoms with van der Waals surface area (Å²) in [6.45, 7) is 1.37. The number of hydrogen-bond acceptors (Lipinski definition) is 9. The predicted octanol–water partition coefficient (Wildman–Crippen LogP) is 4.05. The van der Waals surface area contributed by atoms with Crippen LogP contribution in [0.4, 0.5) is 23.0 Å². The van der Waals surface area contributed by atoms with Gasteiger partial charge in [0, 0.05) is 44.7 Å². The van der Waals surface area contributed by atoms with Gasteiger partial charge in [0.2, 0.25) is 5.95 Å². The predicted molar refractivity (Wildman–Crippen MR) is 144 cm³/mol. The number of anilines is 3. The number of fused-ring (bicyclic) bond motifs is 1. The van der Waals surface area contributed by atoms with E-state index in [-0.39, 0.29) is 11.6 Å². The number of ether oxygens (including phenoxy) is 1. The molecule has 3 aromatic heterocycles. The molecule has 182 valence electrons. The summed E-state index contributed by atoms with van der Waals surface area (Å²) in [7, 11) is 7.25. The number of pyridine rings is 1. The second kappa shape index (κ2) is 10.4. The van der Waals surface area contributed by atoms with Crippen LogP contribution < -0.4 is 15.0 Å². The Kier molecular flexibility index (Phi) is 7.31. The monoisotopic (exact) mass is 588 g/mol. The first-order chi connectivity index (χ1) is 16.8. The van der Waals surface area contributed by atoms with E-state index in [4.69, 9.17) is 4.74 Å². The van der Waals surface area contributed by atoms with E-state index in [0.29, 0.717) is 29.4 Å². The van der Waals surface area contributed by atoms with Crippen LogP contribution in [0.5, 0.6) is 5.75 Å². The lowest BCUT2D eigenvalue weighted by atomic mass is 10.2. The van der Waals surface area contributed by atoms with Gasteiger partial charge in [-0.1, -0.05) is 0 Å². The number of rotatable bonds is 9. The van der Waals surface area contributed by atoms with Gasteiger partial charge in [0.1, 0.15) is 11.4 Å². The summed E-state index contributed by atoms with van der Waals surface area (Å²) in [6, 6.07) is 8.83. The zero-order valence-electron chi connectivity index (χ0n) is 19.8. The molecule has 12 heteroatoms. The van der Waals surface area contributed by atoms with Crippen LogP contribution in [0.3, 0.4) is 0 Å². The quantitative estimate of drug-likeness (QED) is 0.176. The first-order valence-corrected chi connectivity index (χ1v) is 11.8. The fourth-order valence-electron chi connectivity index (χ4n) is 3.59. The number of nitro groups is 1. The Hall–Kier alpha value is -3.52. The molecule has 1 aromatic carbocycles. The maximum absolute atomic E-state index is 11.9. The Morgan fingerprint density at radius 3 is 2.71 bits per heavy atom. The smallest absolute Gasteiger partial charge is 0.294 e. The summed E-state index contributed by atoms with van der Waals surface area (Å²) in [5.41, 5.74) is 3.12. The molecule has 0 saturated carbocycles. The molecule has 0 aliphatic carbocycles. The maximum Gasteiger partial charge on any atom is 0.294 e. The first kappa shape index (κ1) is 24.6. The van der Waals surface area contributed by atoms with Crippen LogP contribution in [0, 0.1) is 13.7 Å². The molecule has 4 rings (SSSR count). The van der Waals surface area contributed by atoms with Crippen molar-refractivity contribution in [2.24, 2.45) is 0 Å². The lowest BCUT2D eigenvalue weighted by molar-refractivity contribution is -0.384. The summed E-state index contributed by atoms with van der Waals surface area (Å²) in [5.74, 6) is 0.727. The van der Waals surface area contributed by atoms with Crippen LogP contribution in [0.15, 0.2) is 48.9 Å². The number of nitrogens with one attached hydrogen (secondary N) is 1. The number of methoxy groups -OCH3 is 1. The molecule has 0 aliphatic rings. The molecule has 35 heavy (non-hydrogen) atoms. The van der Waals surface area contributed by atoms with Gasteiger partial charge in [-0.25, -0.2) is 15.0 Å². The number of imidazole rings is 1. The minimum absolute atomic E-state index is 0.0397. The van der Waals surface area contributed by atoms with E-state index in [1.807, 2.05) is 53.7 Å². The molecule has 0 aliphatic heterocycles. The number of benzene rings is 1. The normalized spacial score (nSPS) is 11.1. The van der Waals surface area contributed by atoms with Crippen LogP contribution >= 0.6 is 22.6 Å². The van der Waals surface area contributed by atoms with Gasteiger partial charge in [-0.05, 0) is 54.9 Å². The zero-order valence-corrected chi connectivity index (χ0v) is 21.9. The molecule has 0 unspecified atom stereocenters. The van der Waals surface area contributed by atoms with Crippen LogP contribution in [0.1, 0.15) is 0 Å². The number of halogens is 1. The Morgan fingerprint density at radius 2 is 2.00 bits per heavy atom. The zero-order chi connectivity index (χ0) is 25.1. The molecule has 0 amide bonds. The number of hydrogen-bond donors (Lipinski definition) is 1. The Labute approximate surface area is 216 Å². The van der Waals surface area contributed by atoms with Gasteiger partial charge >= 0.3 is 0 Å². The molecule has 0 saturated heterocycles. The van der Waals surface area contributed by atoms with Crippen molar-refractivity contribution in [2.45, 2.75) is 0 Å². The summed E-state index contributed by atoms with van der Waals surface area (Å²) >= 11 is 2.24. The van der Waals surface area contributed by atoms with Crippen molar-refractivity contribution >= 4 is 51.2 Å². The fourth-order valence-corrected chi connectivity index (χ4v) is 4.20. The van der Waals surface area contributed by atoms with Crippen molar-refractivity contribution in [1.29, 1.82) is 0 Å². The van der Waals surface area contributed by atoms with Gasteiger partial charge < -0.3 is 19.9 Å². The number of nitrogens with zero attached hydrogens (tertiary/aromatic N) is 7. The highest BCUT2D eigenvalue weighted by molar-refractivity contribution is 14.1. The van der Waals surface area contributed by atoms with Gasteiger partial charge in [0.25, 0.3) is 5.69 Å². The van der Waals surface area contributed by atoms with E-state index in [2.05, 4.69) is 42.9 Å². The molecule has 0 spiro atoms. The van der Waals surface area contributed by atoms with Gasteiger partial charge in [-0.15, -0.1) is 0 Å². The van der Waals surface area contributed by atoms with Gasteiger partial charge in [-0.2, -0.15) is 0 Å². The van der Waals surface area contributed by atoms with Gasteiger partial charge in [-0.3, -0.25) is 14.5 Å². The summed E-state index contributed by atoms with van der Waals surface area (Å²) in [5, 5.41) is 15.0. The standard InChI is InChI=1S/C23H25IN8O3/c1-29(2)10-11-30(3)18-13-21(35-4)17(12-19(18)32(33)34)28-23-25-8-7-16(27-23)20-14-26-22-15(24)6-5-9-31(20)22/h5-9,12-14H,10-11H2,1-4H3,(H,25,27,28). The SMILES string of the molecule is COc1cc(N(C)CCN(C)C)c([N+](=O)[O-])cc1Nc1nccc(-c2cnc3c(I)cccn23)n1. The average Bonchev–Trinajstić information content (AvgIpc) is 3.28. The Bertz CT molecular complexity index is 1370. The highest BCUT2D eigenvalue weighted by Crippen LogP contribution is 2.39. The lowest BCUT2D eigenvalue weighted by Crippen LogP contribution is -2.28. The highest BCUT2D eigenvalue weighted by Gasteiger charge is 2.22. The third kappa shape index (κ3) is 5.27. The summed E-state index contributed by atoms with van der Waals surface area (Å²) in [4.78, 5) is 28.8. The average molecular weight is 588 g/mol. The van der Waals surface area contributed by atoms with E-state index >= 15 is 0 Å². The van der Waals surface area contributed by atoms with Crippen molar-refractivity contribution in [3.05, 3.63) is 62.6 Å². The third-order valence-electron chi connectivity index (χ3n) is 5.44. The van der Waals surface area contributed by atoms with Crippen molar-refractivity contribution in [1.82, 2.24) is 24.3 Å². The second-order valence-corrected chi connectivity index (χ2v) is 9.27. The van der Waals surface area contributed by atoms with Crippen molar-refractivity contribution < 1.29 is 9.66 Å². The van der Waals surface area contributed by atoms with Crippen LogP contribution in [0.25, 0.3) is 17.0 Å². The third-order valence-corrected chi connectivity index (χ3v) is 6.28. The van der Waals surface area contributed by atoms with Crippen molar-refractivity contribution in [3.63, 3.8) is 0 Å². The van der Waals surface area contributed by atoms with Crippen LogP contribution in [-0.2, 0) is 0 Å². The van der Waals surface area contributed by atoms with Crippen LogP contribution in [-0.4, -0.2) is 70.5 Å². The molecule has 1 N–H and O–H groups in total. The number of aromatic nitrogens is 4. The highest BCUT2D eigenvalue weighted by atomic mass is 127. The Morgan fingerprint density at radius 1 is 1.20 bits per heavy atom. The molecule has 0 atom stereocenters.